The number of benzene rings is 1. The zero-order chi connectivity index (χ0) is 15.3. The van der Waals surface area contributed by atoms with Crippen molar-refractivity contribution in [1.82, 2.24) is 9.97 Å². The second-order valence-electron chi connectivity index (χ2n) is 6.88. The Morgan fingerprint density at radius 2 is 1.86 bits per heavy atom. The number of H-pyrrole nitrogens is 1. The van der Waals surface area contributed by atoms with Crippen LogP contribution in [0.4, 0.5) is 0 Å². The van der Waals surface area contributed by atoms with Crippen LogP contribution in [0.25, 0.3) is 22.2 Å². The van der Waals surface area contributed by atoms with E-state index in [-0.39, 0.29) is 11.2 Å². The van der Waals surface area contributed by atoms with E-state index in [2.05, 4.69) is 31.0 Å². The minimum absolute atomic E-state index is 0.00405. The van der Waals surface area contributed by atoms with Gasteiger partial charge in [-0.05, 0) is 30.0 Å². The van der Waals surface area contributed by atoms with Crippen LogP contribution in [0.1, 0.15) is 36.3 Å². The smallest absolute Gasteiger partial charge is 0.165 e. The van der Waals surface area contributed by atoms with Gasteiger partial charge in [0, 0.05) is 34.6 Å². The molecule has 3 nitrogen and oxygen atoms in total. The van der Waals surface area contributed by atoms with Gasteiger partial charge in [0.1, 0.15) is 0 Å². The first-order chi connectivity index (χ1) is 10.5. The lowest BCUT2D eigenvalue weighted by molar-refractivity contribution is 0.0910. The Morgan fingerprint density at radius 1 is 1.05 bits per heavy atom. The third-order valence-electron chi connectivity index (χ3n) is 4.42. The number of hydrogen-bond acceptors (Lipinski definition) is 2. The zero-order valence-corrected chi connectivity index (χ0v) is 12.8. The molecule has 3 heteroatoms. The molecule has 1 aromatic carbocycles. The van der Waals surface area contributed by atoms with Gasteiger partial charge in [-0.1, -0.05) is 32.0 Å². The fourth-order valence-corrected chi connectivity index (χ4v) is 3.37. The van der Waals surface area contributed by atoms with Gasteiger partial charge in [0.05, 0.1) is 11.4 Å². The average Bonchev–Trinajstić information content (AvgIpc) is 2.89. The zero-order valence-electron chi connectivity index (χ0n) is 12.8. The van der Waals surface area contributed by atoms with Gasteiger partial charge in [-0.2, -0.15) is 0 Å². The second-order valence-corrected chi connectivity index (χ2v) is 6.88. The molecule has 0 aliphatic heterocycles. The van der Waals surface area contributed by atoms with Crippen molar-refractivity contribution in [2.75, 3.05) is 0 Å². The van der Waals surface area contributed by atoms with Crippen LogP contribution in [0.2, 0.25) is 0 Å². The standard InChI is InChI=1S/C19H18N2O/c1-19(2)9-17-13(18(22)10-19)7-8-16(21-17)14-11-20-15-6-4-3-5-12(14)15/h3-8,11,20H,9-10H2,1-2H3. The lowest BCUT2D eigenvalue weighted by Crippen LogP contribution is -2.27. The van der Waals surface area contributed by atoms with Crippen LogP contribution in [0.15, 0.2) is 42.6 Å². The van der Waals surface area contributed by atoms with Crippen molar-refractivity contribution in [1.29, 1.82) is 0 Å². The first kappa shape index (κ1) is 13.3. The highest BCUT2D eigenvalue weighted by Crippen LogP contribution is 2.35. The molecule has 22 heavy (non-hydrogen) atoms. The molecular weight excluding hydrogens is 272 g/mol. The van der Waals surface area contributed by atoms with E-state index in [1.807, 2.05) is 30.5 Å². The number of ketones is 1. The van der Waals surface area contributed by atoms with Crippen molar-refractivity contribution in [2.45, 2.75) is 26.7 Å². The molecule has 0 bridgehead atoms. The number of nitrogens with zero attached hydrogens (tertiary/aromatic N) is 1. The summed E-state index contributed by atoms with van der Waals surface area (Å²) in [5.41, 5.74) is 4.85. The fraction of sp³-hybridized carbons (Fsp3) is 0.263. The normalized spacial score (nSPS) is 16.7. The van der Waals surface area contributed by atoms with Gasteiger partial charge in [0.25, 0.3) is 0 Å². The van der Waals surface area contributed by atoms with Crippen LogP contribution in [0.3, 0.4) is 0 Å². The Bertz CT molecular complexity index is 889. The number of aromatic nitrogens is 2. The topological polar surface area (TPSA) is 45.8 Å². The Balaban J connectivity index is 1.86. The van der Waals surface area contributed by atoms with E-state index in [9.17, 15) is 4.79 Å². The fourth-order valence-electron chi connectivity index (χ4n) is 3.37. The van der Waals surface area contributed by atoms with Crippen LogP contribution in [0, 0.1) is 5.41 Å². The lowest BCUT2D eigenvalue weighted by Gasteiger charge is -2.29. The summed E-state index contributed by atoms with van der Waals surface area (Å²) in [6.45, 7) is 4.27. The summed E-state index contributed by atoms with van der Waals surface area (Å²) in [6, 6.07) is 12.1. The van der Waals surface area contributed by atoms with Gasteiger partial charge in [-0.25, -0.2) is 0 Å². The van der Waals surface area contributed by atoms with E-state index in [0.717, 1.165) is 39.8 Å². The summed E-state index contributed by atoms with van der Waals surface area (Å²) in [5.74, 6) is 0.212. The van der Waals surface area contributed by atoms with Crippen LogP contribution >= 0.6 is 0 Å². The van der Waals surface area contributed by atoms with Crippen molar-refractivity contribution >= 4 is 16.7 Å². The third-order valence-corrected chi connectivity index (χ3v) is 4.42. The van der Waals surface area contributed by atoms with Crippen LogP contribution in [-0.2, 0) is 6.42 Å². The number of rotatable bonds is 1. The molecule has 110 valence electrons. The minimum atomic E-state index is -0.00405. The van der Waals surface area contributed by atoms with Crippen molar-refractivity contribution in [2.24, 2.45) is 5.41 Å². The van der Waals surface area contributed by atoms with E-state index in [4.69, 9.17) is 4.98 Å². The maximum atomic E-state index is 12.3. The van der Waals surface area contributed by atoms with E-state index < -0.39 is 0 Å². The first-order valence-corrected chi connectivity index (χ1v) is 7.63. The predicted octanol–water partition coefficient (Wildman–Crippen LogP) is 4.39. The van der Waals surface area contributed by atoms with E-state index >= 15 is 0 Å². The number of para-hydroxylation sites is 1. The molecule has 0 radical (unpaired) electrons. The predicted molar refractivity (Wildman–Crippen MR) is 88.0 cm³/mol. The third kappa shape index (κ3) is 2.05. The van der Waals surface area contributed by atoms with Gasteiger partial charge in [-0.3, -0.25) is 9.78 Å². The van der Waals surface area contributed by atoms with Gasteiger partial charge < -0.3 is 4.98 Å². The number of nitrogens with one attached hydrogen (secondary N) is 1. The Kier molecular flexibility index (Phi) is 2.73. The summed E-state index contributed by atoms with van der Waals surface area (Å²) in [7, 11) is 0. The molecule has 3 aromatic rings. The Morgan fingerprint density at radius 3 is 2.73 bits per heavy atom. The van der Waals surface area contributed by atoms with Crippen molar-refractivity contribution < 1.29 is 4.79 Å². The Hall–Kier alpha value is -2.42. The SMILES string of the molecule is CC1(C)CC(=O)c2ccc(-c3c[nH]c4ccccc34)nc2C1. The quantitative estimate of drug-likeness (QED) is 0.722. The number of carbonyl (C=O) groups is 1. The molecule has 1 aliphatic rings. The Labute approximate surface area is 129 Å². The number of hydrogen-bond donors (Lipinski definition) is 1. The highest BCUT2D eigenvalue weighted by atomic mass is 16.1. The molecule has 2 heterocycles. The molecule has 4 rings (SSSR count). The molecule has 0 saturated heterocycles. The van der Waals surface area contributed by atoms with Crippen LogP contribution < -0.4 is 0 Å². The van der Waals surface area contributed by atoms with Gasteiger partial charge >= 0.3 is 0 Å². The highest BCUT2D eigenvalue weighted by molar-refractivity contribution is 5.99. The van der Waals surface area contributed by atoms with Crippen molar-refractivity contribution in [3.8, 4) is 11.3 Å². The molecule has 0 atom stereocenters. The summed E-state index contributed by atoms with van der Waals surface area (Å²) < 4.78 is 0. The van der Waals surface area contributed by atoms with Gasteiger partial charge in [-0.15, -0.1) is 0 Å². The average molecular weight is 290 g/mol. The van der Waals surface area contributed by atoms with Crippen molar-refractivity contribution in [3.63, 3.8) is 0 Å². The van der Waals surface area contributed by atoms with Crippen LogP contribution in [0.5, 0.6) is 0 Å². The molecule has 0 fully saturated rings. The monoisotopic (exact) mass is 290 g/mol. The first-order valence-electron chi connectivity index (χ1n) is 7.63. The van der Waals surface area contributed by atoms with E-state index in [1.54, 1.807) is 0 Å². The van der Waals surface area contributed by atoms with E-state index in [0.29, 0.717) is 6.42 Å². The number of carbonyl (C=O) groups excluding carboxylic acids is 1. The molecule has 2 aromatic heterocycles. The molecule has 0 spiro atoms. The van der Waals surface area contributed by atoms with Gasteiger partial charge in [0.15, 0.2) is 5.78 Å². The number of fused-ring (bicyclic) bond motifs is 2. The largest absolute Gasteiger partial charge is 0.360 e. The number of aromatic amines is 1. The lowest BCUT2D eigenvalue weighted by atomic mass is 9.75. The van der Waals surface area contributed by atoms with Crippen LogP contribution in [-0.4, -0.2) is 15.8 Å². The molecule has 1 N–H and O–H groups in total. The summed E-state index contributed by atoms with van der Waals surface area (Å²) in [5, 5.41) is 1.16. The molecule has 1 aliphatic carbocycles. The second kappa shape index (κ2) is 4.54. The van der Waals surface area contributed by atoms with E-state index in [1.165, 1.54) is 0 Å². The highest BCUT2D eigenvalue weighted by Gasteiger charge is 2.32. The molecular formula is C19H18N2O. The van der Waals surface area contributed by atoms with Gasteiger partial charge in [0.2, 0.25) is 0 Å². The maximum absolute atomic E-state index is 12.3. The molecule has 0 saturated carbocycles. The number of pyridine rings is 1. The maximum Gasteiger partial charge on any atom is 0.165 e. The summed E-state index contributed by atoms with van der Waals surface area (Å²) in [6.07, 6.45) is 3.45. The number of Topliss-reactive ketones (excluding diaryl/α,β-unsaturated/α-hetero) is 1. The van der Waals surface area contributed by atoms with Crippen molar-refractivity contribution in [3.05, 3.63) is 53.9 Å². The summed E-state index contributed by atoms with van der Waals surface area (Å²) >= 11 is 0. The summed E-state index contributed by atoms with van der Waals surface area (Å²) in [4.78, 5) is 20.4. The minimum Gasteiger partial charge on any atom is -0.360 e. The molecule has 0 unspecified atom stereocenters. The molecule has 0 amide bonds.